The van der Waals surface area contributed by atoms with Crippen molar-refractivity contribution in [1.29, 1.82) is 5.26 Å². The summed E-state index contributed by atoms with van der Waals surface area (Å²) in [6.45, 7) is 1.79. The van der Waals surface area contributed by atoms with E-state index in [4.69, 9.17) is 5.73 Å². The first-order valence-corrected chi connectivity index (χ1v) is 10.3. The van der Waals surface area contributed by atoms with Gasteiger partial charge in [0.15, 0.2) is 0 Å². The van der Waals surface area contributed by atoms with E-state index in [2.05, 4.69) is 16.7 Å². The van der Waals surface area contributed by atoms with Crippen LogP contribution in [0.1, 0.15) is 17.7 Å². The summed E-state index contributed by atoms with van der Waals surface area (Å²) < 4.78 is 0. The third-order valence-electron chi connectivity index (χ3n) is 4.11. The summed E-state index contributed by atoms with van der Waals surface area (Å²) in [7, 11) is 0. The van der Waals surface area contributed by atoms with Crippen molar-refractivity contribution in [2.24, 2.45) is 5.73 Å². The van der Waals surface area contributed by atoms with Gasteiger partial charge in [-0.1, -0.05) is 36.0 Å². The second kappa shape index (κ2) is 8.78. The Kier molecular flexibility index (Phi) is 6.19. The Balaban J connectivity index is 2.01. The normalized spacial score (nSPS) is 16.4. The number of thioether (sulfide) groups is 1. The quantitative estimate of drug-likeness (QED) is 0.677. The van der Waals surface area contributed by atoms with Gasteiger partial charge in [0, 0.05) is 21.8 Å². The van der Waals surface area contributed by atoms with Crippen LogP contribution in [0.15, 0.2) is 69.7 Å². The van der Waals surface area contributed by atoms with Crippen LogP contribution in [0.5, 0.6) is 0 Å². The van der Waals surface area contributed by atoms with Crippen LogP contribution in [0, 0.1) is 11.3 Å². The molecule has 3 rings (SSSR count). The van der Waals surface area contributed by atoms with Gasteiger partial charge in [-0.15, -0.1) is 11.3 Å². The summed E-state index contributed by atoms with van der Waals surface area (Å²) in [6.07, 6.45) is 0. The van der Waals surface area contributed by atoms with Gasteiger partial charge in [0.2, 0.25) is 5.91 Å². The zero-order valence-electron chi connectivity index (χ0n) is 15.1. The number of thiophene rings is 1. The molecule has 0 saturated heterocycles. The van der Waals surface area contributed by atoms with Gasteiger partial charge in [-0.25, -0.2) is 0 Å². The highest BCUT2D eigenvalue weighted by Crippen LogP contribution is 2.42. The average Bonchev–Trinajstić information content (AvgIpc) is 3.20. The molecule has 142 valence electrons. The van der Waals surface area contributed by atoms with Crippen LogP contribution in [0.2, 0.25) is 0 Å². The summed E-state index contributed by atoms with van der Waals surface area (Å²) in [4.78, 5) is 25.2. The predicted octanol–water partition coefficient (Wildman–Crippen LogP) is 3.30. The topological polar surface area (TPSA) is 108 Å². The van der Waals surface area contributed by atoms with Crippen molar-refractivity contribution in [1.82, 2.24) is 5.32 Å². The summed E-state index contributed by atoms with van der Waals surface area (Å²) >= 11 is 2.65. The molecular formula is C20H18N4O2S2. The Hall–Kier alpha value is -3.02. The van der Waals surface area contributed by atoms with Crippen LogP contribution in [-0.2, 0) is 9.59 Å². The number of benzene rings is 1. The fourth-order valence-corrected chi connectivity index (χ4v) is 4.60. The molecule has 2 aromatic rings. The number of amides is 2. The van der Waals surface area contributed by atoms with Gasteiger partial charge in [0.05, 0.1) is 28.3 Å². The number of dihydropyridines is 1. The van der Waals surface area contributed by atoms with E-state index in [1.165, 1.54) is 23.1 Å². The van der Waals surface area contributed by atoms with E-state index in [-0.39, 0.29) is 11.7 Å². The lowest BCUT2D eigenvalue weighted by Crippen LogP contribution is -2.30. The standard InChI is InChI=1S/C20H18N4O2S2/c1-12-17(19(26)24-13-6-3-2-4-7-13)18(15-8-5-9-27-15)14(10-21)20(23-12)28-11-16(22)25/h2-9,18,23H,11H2,1H3,(H2,22,25)(H,24,26)/t18-/m1/s1. The molecular weight excluding hydrogens is 392 g/mol. The van der Waals surface area contributed by atoms with Crippen LogP contribution in [0.4, 0.5) is 5.69 Å². The molecule has 1 atom stereocenters. The zero-order chi connectivity index (χ0) is 20.1. The Morgan fingerprint density at radius 2 is 2.04 bits per heavy atom. The van der Waals surface area contributed by atoms with Gasteiger partial charge < -0.3 is 16.4 Å². The molecule has 1 aromatic carbocycles. The molecule has 6 nitrogen and oxygen atoms in total. The molecule has 2 amide bonds. The fraction of sp³-hybridized carbons (Fsp3) is 0.150. The summed E-state index contributed by atoms with van der Waals surface area (Å²) in [5, 5.41) is 18.3. The van der Waals surface area contributed by atoms with Gasteiger partial charge in [0.1, 0.15) is 0 Å². The molecule has 0 bridgehead atoms. The van der Waals surface area contributed by atoms with E-state index in [1.807, 2.05) is 35.7 Å². The van der Waals surface area contributed by atoms with Crippen molar-refractivity contribution in [2.75, 3.05) is 11.1 Å². The molecule has 0 saturated carbocycles. The number of nitrogens with zero attached hydrogens (tertiary/aromatic N) is 1. The minimum Gasteiger partial charge on any atom is -0.369 e. The number of carbonyl (C=O) groups is 2. The molecule has 0 fully saturated rings. The minimum absolute atomic E-state index is 0.0451. The molecule has 4 N–H and O–H groups in total. The highest BCUT2D eigenvalue weighted by atomic mass is 32.2. The number of primary amides is 1. The highest BCUT2D eigenvalue weighted by molar-refractivity contribution is 8.03. The molecule has 1 aliphatic rings. The number of para-hydroxylation sites is 1. The fourth-order valence-electron chi connectivity index (χ4n) is 2.93. The first-order valence-electron chi connectivity index (χ1n) is 8.44. The summed E-state index contributed by atoms with van der Waals surface area (Å²) in [5.41, 5.74) is 7.45. The maximum atomic E-state index is 13.1. The molecule has 2 heterocycles. The van der Waals surface area contributed by atoms with Crippen LogP contribution in [0.25, 0.3) is 0 Å². The summed E-state index contributed by atoms with van der Waals surface area (Å²) in [5.74, 6) is -1.21. The van der Waals surface area contributed by atoms with Crippen molar-refractivity contribution < 1.29 is 9.59 Å². The molecule has 1 aromatic heterocycles. The second-order valence-electron chi connectivity index (χ2n) is 6.04. The van der Waals surface area contributed by atoms with Crippen LogP contribution >= 0.6 is 23.1 Å². The number of hydrogen-bond acceptors (Lipinski definition) is 6. The van der Waals surface area contributed by atoms with Crippen LogP contribution < -0.4 is 16.4 Å². The van der Waals surface area contributed by atoms with Crippen molar-refractivity contribution >= 4 is 40.6 Å². The molecule has 8 heteroatoms. The van der Waals surface area contributed by atoms with Crippen molar-refractivity contribution in [3.05, 3.63) is 74.6 Å². The molecule has 0 spiro atoms. The third-order valence-corrected chi connectivity index (χ3v) is 6.09. The van der Waals surface area contributed by atoms with Gasteiger partial charge in [-0.05, 0) is 30.5 Å². The number of carbonyl (C=O) groups excluding carboxylic acids is 2. The number of nitrogens with one attached hydrogen (secondary N) is 2. The number of allylic oxidation sites excluding steroid dienone is 2. The number of nitrogens with two attached hydrogens (primary N) is 1. The van der Waals surface area contributed by atoms with Crippen molar-refractivity contribution in [2.45, 2.75) is 12.8 Å². The second-order valence-corrected chi connectivity index (χ2v) is 8.01. The van der Waals surface area contributed by atoms with E-state index < -0.39 is 11.8 Å². The third kappa shape index (κ3) is 4.27. The minimum atomic E-state index is -0.509. The highest BCUT2D eigenvalue weighted by Gasteiger charge is 2.35. The maximum Gasteiger partial charge on any atom is 0.254 e. The largest absolute Gasteiger partial charge is 0.369 e. The first kappa shape index (κ1) is 19.7. The maximum absolute atomic E-state index is 13.1. The molecule has 0 unspecified atom stereocenters. The van der Waals surface area contributed by atoms with Gasteiger partial charge in [0.25, 0.3) is 5.91 Å². The van der Waals surface area contributed by atoms with Gasteiger partial charge in [-0.3, -0.25) is 9.59 Å². The Labute approximate surface area is 171 Å². The van der Waals surface area contributed by atoms with Crippen molar-refractivity contribution in [3.63, 3.8) is 0 Å². The Bertz CT molecular complexity index is 989. The van der Waals surface area contributed by atoms with Gasteiger partial charge >= 0.3 is 0 Å². The van der Waals surface area contributed by atoms with E-state index in [1.54, 1.807) is 19.1 Å². The molecule has 0 radical (unpaired) electrons. The summed E-state index contributed by atoms with van der Waals surface area (Å²) in [6, 6.07) is 15.2. The zero-order valence-corrected chi connectivity index (χ0v) is 16.7. The lowest BCUT2D eigenvalue weighted by Gasteiger charge is -2.29. The van der Waals surface area contributed by atoms with E-state index >= 15 is 0 Å². The first-order chi connectivity index (χ1) is 13.5. The number of rotatable bonds is 6. The van der Waals surface area contributed by atoms with E-state index in [0.717, 1.165) is 4.88 Å². The SMILES string of the molecule is CC1=C(C(=O)Nc2ccccc2)[C@@H](c2cccs2)C(C#N)=C(SCC(N)=O)N1. The molecule has 28 heavy (non-hydrogen) atoms. The lowest BCUT2D eigenvalue weighted by molar-refractivity contribution is -0.115. The van der Waals surface area contributed by atoms with Crippen LogP contribution in [0.3, 0.4) is 0 Å². The Morgan fingerprint density at radius 1 is 1.29 bits per heavy atom. The Morgan fingerprint density at radius 3 is 2.64 bits per heavy atom. The van der Waals surface area contributed by atoms with E-state index in [9.17, 15) is 14.9 Å². The van der Waals surface area contributed by atoms with E-state index in [0.29, 0.717) is 27.6 Å². The van der Waals surface area contributed by atoms with Crippen molar-refractivity contribution in [3.8, 4) is 6.07 Å². The number of nitriles is 1. The monoisotopic (exact) mass is 410 g/mol. The predicted molar refractivity (Wildman–Crippen MR) is 112 cm³/mol. The molecule has 0 aliphatic carbocycles. The average molecular weight is 411 g/mol. The lowest BCUT2D eigenvalue weighted by atomic mass is 9.86. The smallest absolute Gasteiger partial charge is 0.254 e. The van der Waals surface area contributed by atoms with Crippen LogP contribution in [-0.4, -0.2) is 17.6 Å². The van der Waals surface area contributed by atoms with Gasteiger partial charge in [-0.2, -0.15) is 5.26 Å². The number of anilines is 1. The number of hydrogen-bond donors (Lipinski definition) is 3. The molecule has 1 aliphatic heterocycles.